The number of anilines is 3. The van der Waals surface area contributed by atoms with Crippen LogP contribution in [-0.2, 0) is 0 Å². The summed E-state index contributed by atoms with van der Waals surface area (Å²) in [5.74, 6) is 0.965. The summed E-state index contributed by atoms with van der Waals surface area (Å²) in [5.41, 5.74) is 2.32. The second-order valence-corrected chi connectivity index (χ2v) is 7.38. The average molecular weight is 378 g/mol. The number of hydrogen-bond donors (Lipinski definition) is 2. The summed E-state index contributed by atoms with van der Waals surface area (Å²) in [6.07, 6.45) is 1.70. The fourth-order valence-electron chi connectivity index (χ4n) is 2.64. The molecular weight excluding hydrogens is 356 g/mol. The van der Waals surface area contributed by atoms with E-state index < -0.39 is 4.92 Å². The second kappa shape index (κ2) is 7.59. The smallest absolute Gasteiger partial charge is 0.274 e. The van der Waals surface area contributed by atoms with Gasteiger partial charge in [0.1, 0.15) is 5.82 Å². The molecule has 0 fully saturated rings. The Bertz CT molecular complexity index is 999. The Hall–Kier alpha value is -3.55. The summed E-state index contributed by atoms with van der Waals surface area (Å²) in [6, 6.07) is 12.3. The molecule has 0 bridgehead atoms. The predicted molar refractivity (Wildman–Crippen MR) is 110 cm³/mol. The summed E-state index contributed by atoms with van der Waals surface area (Å²) in [6.45, 7) is 7.75. The number of nitrogens with one attached hydrogen (secondary N) is 2. The minimum Gasteiger partial charge on any atom is -0.350 e. The van der Waals surface area contributed by atoms with Crippen LogP contribution in [0.4, 0.5) is 23.1 Å². The number of nitro groups is 1. The highest BCUT2D eigenvalue weighted by Crippen LogP contribution is 2.29. The first-order valence-electron chi connectivity index (χ1n) is 8.83. The lowest BCUT2D eigenvalue weighted by Gasteiger charge is -2.21. The highest BCUT2D eigenvalue weighted by Gasteiger charge is 2.17. The van der Waals surface area contributed by atoms with E-state index in [2.05, 4.69) is 25.6 Å². The van der Waals surface area contributed by atoms with Gasteiger partial charge in [-0.3, -0.25) is 15.1 Å². The molecule has 144 valence electrons. The average Bonchev–Trinajstić information content (AvgIpc) is 2.62. The van der Waals surface area contributed by atoms with Crippen molar-refractivity contribution in [3.05, 3.63) is 64.3 Å². The first kappa shape index (κ1) is 19.2. The minimum absolute atomic E-state index is 0.0528. The summed E-state index contributed by atoms with van der Waals surface area (Å²) in [5, 5.41) is 17.7. The zero-order chi connectivity index (χ0) is 20.3. The number of rotatable bonds is 5. The SMILES string of the molecule is Cc1c(Nc2cc(-c3ccccn3)nc(NC(C)(C)C)n2)cccc1[N+](=O)[O-]. The fraction of sp³-hybridized carbons (Fsp3) is 0.250. The van der Waals surface area contributed by atoms with Crippen molar-refractivity contribution in [2.45, 2.75) is 33.2 Å². The zero-order valence-corrected chi connectivity index (χ0v) is 16.2. The molecule has 2 heterocycles. The molecule has 2 N–H and O–H groups in total. The van der Waals surface area contributed by atoms with Crippen LogP contribution in [0.15, 0.2) is 48.7 Å². The van der Waals surface area contributed by atoms with Gasteiger partial charge in [-0.1, -0.05) is 12.1 Å². The van der Waals surface area contributed by atoms with Gasteiger partial charge in [0, 0.05) is 29.6 Å². The first-order chi connectivity index (χ1) is 13.2. The topological polar surface area (TPSA) is 106 Å². The normalized spacial score (nSPS) is 11.1. The van der Waals surface area contributed by atoms with Crippen molar-refractivity contribution in [1.82, 2.24) is 15.0 Å². The Kier molecular flexibility index (Phi) is 5.21. The number of nitrogens with zero attached hydrogens (tertiary/aromatic N) is 4. The molecule has 8 nitrogen and oxygen atoms in total. The van der Waals surface area contributed by atoms with E-state index in [-0.39, 0.29) is 11.2 Å². The molecule has 0 aliphatic carbocycles. The van der Waals surface area contributed by atoms with Gasteiger partial charge in [0.25, 0.3) is 5.69 Å². The van der Waals surface area contributed by atoms with Crippen molar-refractivity contribution in [2.75, 3.05) is 10.6 Å². The molecule has 0 aliphatic rings. The standard InChI is InChI=1S/C20H22N6O2/c1-13-14(9-7-10-17(13)26(27)28)22-18-12-16(15-8-5-6-11-21-15)23-19(24-18)25-20(2,3)4/h5-12H,1-4H3,(H2,22,23,24,25). The molecule has 0 amide bonds. The van der Waals surface area contributed by atoms with Gasteiger partial charge in [-0.05, 0) is 45.9 Å². The molecule has 28 heavy (non-hydrogen) atoms. The minimum atomic E-state index is -0.396. The third kappa shape index (κ3) is 4.59. The highest BCUT2D eigenvalue weighted by molar-refractivity contribution is 5.69. The Morgan fingerprint density at radius 2 is 1.82 bits per heavy atom. The number of nitro benzene ring substituents is 1. The van der Waals surface area contributed by atoms with E-state index in [1.165, 1.54) is 6.07 Å². The van der Waals surface area contributed by atoms with Crippen molar-refractivity contribution >= 4 is 23.1 Å². The van der Waals surface area contributed by atoms with E-state index in [0.29, 0.717) is 34.4 Å². The van der Waals surface area contributed by atoms with E-state index >= 15 is 0 Å². The molecule has 1 aromatic carbocycles. The van der Waals surface area contributed by atoms with Crippen LogP contribution in [0.25, 0.3) is 11.4 Å². The van der Waals surface area contributed by atoms with Crippen LogP contribution in [0.1, 0.15) is 26.3 Å². The number of benzene rings is 1. The summed E-state index contributed by atoms with van der Waals surface area (Å²) < 4.78 is 0. The van der Waals surface area contributed by atoms with Crippen LogP contribution in [0, 0.1) is 17.0 Å². The molecule has 3 rings (SSSR count). The van der Waals surface area contributed by atoms with E-state index in [0.717, 1.165) is 0 Å². The summed E-state index contributed by atoms with van der Waals surface area (Å²) in [7, 11) is 0. The Morgan fingerprint density at radius 3 is 2.46 bits per heavy atom. The monoisotopic (exact) mass is 378 g/mol. The van der Waals surface area contributed by atoms with Crippen molar-refractivity contribution < 1.29 is 4.92 Å². The first-order valence-corrected chi connectivity index (χ1v) is 8.83. The van der Waals surface area contributed by atoms with E-state index in [1.54, 1.807) is 31.3 Å². The second-order valence-electron chi connectivity index (χ2n) is 7.38. The van der Waals surface area contributed by atoms with Crippen LogP contribution in [0.3, 0.4) is 0 Å². The summed E-state index contributed by atoms with van der Waals surface area (Å²) >= 11 is 0. The molecule has 8 heteroatoms. The maximum atomic E-state index is 11.2. The number of pyridine rings is 1. The quantitative estimate of drug-likeness (QED) is 0.489. The number of aromatic nitrogens is 3. The molecule has 0 atom stereocenters. The maximum absolute atomic E-state index is 11.2. The molecule has 0 radical (unpaired) electrons. The van der Waals surface area contributed by atoms with Crippen LogP contribution in [0.2, 0.25) is 0 Å². The molecular formula is C20H22N6O2. The van der Waals surface area contributed by atoms with Gasteiger partial charge < -0.3 is 10.6 Å². The summed E-state index contributed by atoms with van der Waals surface area (Å²) in [4.78, 5) is 24.3. The largest absolute Gasteiger partial charge is 0.350 e. The Morgan fingerprint density at radius 1 is 1.04 bits per heavy atom. The van der Waals surface area contributed by atoms with Crippen LogP contribution < -0.4 is 10.6 Å². The van der Waals surface area contributed by atoms with Gasteiger partial charge in [-0.15, -0.1) is 0 Å². The van der Waals surface area contributed by atoms with Crippen LogP contribution in [-0.4, -0.2) is 25.4 Å². The lowest BCUT2D eigenvalue weighted by atomic mass is 10.1. The molecule has 0 saturated carbocycles. The predicted octanol–water partition coefficient (Wildman–Crippen LogP) is 4.71. The van der Waals surface area contributed by atoms with E-state index in [9.17, 15) is 10.1 Å². The van der Waals surface area contributed by atoms with Gasteiger partial charge in [-0.2, -0.15) is 4.98 Å². The van der Waals surface area contributed by atoms with Gasteiger partial charge in [0.2, 0.25) is 5.95 Å². The van der Waals surface area contributed by atoms with Crippen LogP contribution in [0.5, 0.6) is 0 Å². The van der Waals surface area contributed by atoms with Gasteiger partial charge in [0.05, 0.1) is 21.9 Å². The molecule has 0 spiro atoms. The lowest BCUT2D eigenvalue weighted by Crippen LogP contribution is -2.27. The lowest BCUT2D eigenvalue weighted by molar-refractivity contribution is -0.385. The van der Waals surface area contributed by atoms with Gasteiger partial charge in [0.15, 0.2) is 0 Å². The van der Waals surface area contributed by atoms with Crippen LogP contribution >= 0.6 is 0 Å². The number of hydrogen-bond acceptors (Lipinski definition) is 7. The molecule has 0 unspecified atom stereocenters. The maximum Gasteiger partial charge on any atom is 0.274 e. The molecule has 3 aromatic rings. The fourth-order valence-corrected chi connectivity index (χ4v) is 2.64. The van der Waals surface area contributed by atoms with Gasteiger partial charge >= 0.3 is 0 Å². The van der Waals surface area contributed by atoms with Gasteiger partial charge in [-0.25, -0.2) is 4.98 Å². The third-order valence-corrected chi connectivity index (χ3v) is 3.90. The van der Waals surface area contributed by atoms with Crippen molar-refractivity contribution in [3.63, 3.8) is 0 Å². The van der Waals surface area contributed by atoms with Crippen molar-refractivity contribution in [3.8, 4) is 11.4 Å². The van der Waals surface area contributed by atoms with E-state index in [1.807, 2.05) is 39.0 Å². The Labute approximate surface area is 163 Å². The molecule has 0 aliphatic heterocycles. The highest BCUT2D eigenvalue weighted by atomic mass is 16.6. The van der Waals surface area contributed by atoms with E-state index in [4.69, 9.17) is 0 Å². The molecule has 0 saturated heterocycles. The van der Waals surface area contributed by atoms with Crippen molar-refractivity contribution in [1.29, 1.82) is 0 Å². The Balaban J connectivity index is 2.04. The third-order valence-electron chi connectivity index (χ3n) is 3.90. The van der Waals surface area contributed by atoms with Crippen molar-refractivity contribution in [2.24, 2.45) is 0 Å². The molecule has 2 aromatic heterocycles. The zero-order valence-electron chi connectivity index (χ0n) is 16.2.